The molecule has 136 valence electrons. The molecule has 0 aliphatic carbocycles. The highest BCUT2D eigenvalue weighted by molar-refractivity contribution is 6.34. The summed E-state index contributed by atoms with van der Waals surface area (Å²) in [6.45, 7) is 0. The Morgan fingerprint density at radius 3 is 2.19 bits per heavy atom. The zero-order valence-corrected chi connectivity index (χ0v) is 15.9. The number of nitrogens with zero attached hydrogens (tertiary/aromatic N) is 2. The first kappa shape index (κ1) is 18.7. The van der Waals surface area contributed by atoms with E-state index in [4.69, 9.17) is 0 Å². The molecular formula is C22H20ClN3O. The van der Waals surface area contributed by atoms with Gasteiger partial charge in [0.25, 0.3) is 5.82 Å². The lowest BCUT2D eigenvalue weighted by molar-refractivity contribution is -0.579. The van der Waals surface area contributed by atoms with Crippen LogP contribution in [0, 0.1) is 0 Å². The predicted octanol–water partition coefficient (Wildman–Crippen LogP) is 0.678. The Morgan fingerprint density at radius 2 is 1.52 bits per heavy atom. The zero-order valence-electron chi connectivity index (χ0n) is 15.2. The molecule has 1 aliphatic rings. The first-order valence-electron chi connectivity index (χ1n) is 8.55. The average Bonchev–Trinajstić information content (AvgIpc) is 2.95. The van der Waals surface area contributed by atoms with Crippen molar-refractivity contribution in [2.75, 3.05) is 24.3 Å². The molecule has 27 heavy (non-hydrogen) atoms. The van der Waals surface area contributed by atoms with E-state index in [1.165, 1.54) is 0 Å². The van der Waals surface area contributed by atoms with Crippen LogP contribution in [0.2, 0.25) is 0 Å². The molecule has 0 radical (unpaired) electrons. The molecule has 0 saturated heterocycles. The fourth-order valence-electron chi connectivity index (χ4n) is 3.15. The van der Waals surface area contributed by atoms with Crippen LogP contribution in [0.15, 0.2) is 79.0 Å². The summed E-state index contributed by atoms with van der Waals surface area (Å²) >= 11 is 0. The van der Waals surface area contributed by atoms with Crippen molar-refractivity contribution in [3.8, 4) is 0 Å². The first-order chi connectivity index (χ1) is 12.6. The lowest BCUT2D eigenvalue weighted by Crippen LogP contribution is -3.00. The Labute approximate surface area is 165 Å². The number of ketones is 1. The maximum atomic E-state index is 13.0. The Hall–Kier alpha value is -3.11. The summed E-state index contributed by atoms with van der Waals surface area (Å²) in [6.07, 6.45) is 1.92. The van der Waals surface area contributed by atoms with E-state index in [1.807, 2.05) is 85.5 Å². The molecule has 0 unspecified atom stereocenters. The third kappa shape index (κ3) is 3.44. The fourth-order valence-corrected chi connectivity index (χ4v) is 3.15. The number of fused-ring (bicyclic) bond motifs is 1. The van der Waals surface area contributed by atoms with Gasteiger partial charge >= 0.3 is 0 Å². The highest BCUT2D eigenvalue weighted by atomic mass is 35.5. The van der Waals surface area contributed by atoms with Gasteiger partial charge in [-0.2, -0.15) is 4.57 Å². The summed E-state index contributed by atoms with van der Waals surface area (Å²) in [4.78, 5) is 15.1. The molecule has 3 aromatic rings. The molecule has 4 nitrogen and oxygen atoms in total. The maximum absolute atomic E-state index is 13.0. The van der Waals surface area contributed by atoms with Crippen molar-refractivity contribution in [2.24, 2.45) is 0 Å². The van der Waals surface area contributed by atoms with Gasteiger partial charge in [0.1, 0.15) is 11.3 Å². The summed E-state index contributed by atoms with van der Waals surface area (Å²) in [7, 11) is 4.03. The smallest absolute Gasteiger partial charge is 0.297 e. The molecule has 2 heterocycles. The molecule has 0 atom stereocenters. The van der Waals surface area contributed by atoms with Crippen molar-refractivity contribution in [2.45, 2.75) is 0 Å². The van der Waals surface area contributed by atoms with Crippen LogP contribution in [0.4, 0.5) is 11.4 Å². The van der Waals surface area contributed by atoms with Crippen LogP contribution < -0.4 is 27.2 Å². The summed E-state index contributed by atoms with van der Waals surface area (Å²) in [6, 6.07) is 23.6. The molecule has 1 N–H and O–H groups in total. The highest BCUT2D eigenvalue weighted by Crippen LogP contribution is 2.29. The molecule has 0 saturated carbocycles. The number of aromatic nitrogens is 1. The molecule has 4 rings (SSSR count). The molecular weight excluding hydrogens is 358 g/mol. The largest absolute Gasteiger partial charge is 1.00 e. The molecule has 0 bridgehead atoms. The molecule has 0 amide bonds. The number of carbonyl (C=O) groups is 1. The van der Waals surface area contributed by atoms with E-state index in [1.54, 1.807) is 0 Å². The summed E-state index contributed by atoms with van der Waals surface area (Å²) in [5, 5.41) is 3.45. The Kier molecular flexibility index (Phi) is 5.28. The number of anilines is 2. The van der Waals surface area contributed by atoms with Crippen LogP contribution in [0.3, 0.4) is 0 Å². The quantitative estimate of drug-likeness (QED) is 0.679. The van der Waals surface area contributed by atoms with E-state index >= 15 is 0 Å². The van der Waals surface area contributed by atoms with Crippen molar-refractivity contribution in [1.82, 2.24) is 0 Å². The van der Waals surface area contributed by atoms with Crippen molar-refractivity contribution in [3.05, 3.63) is 90.3 Å². The first-order valence-corrected chi connectivity index (χ1v) is 8.55. The van der Waals surface area contributed by atoms with Crippen molar-refractivity contribution >= 4 is 28.6 Å². The van der Waals surface area contributed by atoms with Crippen LogP contribution >= 0.6 is 0 Å². The van der Waals surface area contributed by atoms with Gasteiger partial charge in [-0.3, -0.25) is 4.79 Å². The summed E-state index contributed by atoms with van der Waals surface area (Å²) < 4.78 is 1.92. The number of nitrogens with one attached hydrogen (secondary N) is 1. The number of rotatable bonds is 4. The molecule has 2 aromatic carbocycles. The normalized spacial score (nSPS) is 12.4. The topological polar surface area (TPSA) is 36.2 Å². The minimum atomic E-state index is 0. The van der Waals surface area contributed by atoms with Crippen LogP contribution in [0.25, 0.3) is 11.4 Å². The molecule has 0 fully saturated rings. The predicted molar refractivity (Wildman–Crippen MR) is 105 cm³/mol. The number of Topliss-reactive ketones (excluding diaryl/α,β-unsaturated/α-hetero) is 1. The van der Waals surface area contributed by atoms with E-state index in [2.05, 4.69) is 22.3 Å². The SMILES string of the molecule is CN(C)c1ccc(NC2=C(c3ccccc3)C(=O)c3cccc[n+]32)cc1.[Cl-]. The van der Waals surface area contributed by atoms with Crippen LogP contribution in [-0.4, -0.2) is 19.9 Å². The van der Waals surface area contributed by atoms with Gasteiger partial charge in [0.2, 0.25) is 5.78 Å². The van der Waals surface area contributed by atoms with Crippen molar-refractivity contribution in [3.63, 3.8) is 0 Å². The highest BCUT2D eigenvalue weighted by Gasteiger charge is 2.36. The van der Waals surface area contributed by atoms with Gasteiger partial charge in [0, 0.05) is 19.8 Å². The number of hydrogen-bond acceptors (Lipinski definition) is 3. The maximum Gasteiger partial charge on any atom is 0.297 e. The molecule has 1 aromatic heterocycles. The zero-order chi connectivity index (χ0) is 18.1. The minimum Gasteiger partial charge on any atom is -1.00 e. The number of benzene rings is 2. The molecule has 1 aliphatic heterocycles. The van der Waals surface area contributed by atoms with E-state index < -0.39 is 0 Å². The summed E-state index contributed by atoms with van der Waals surface area (Å²) in [5.41, 5.74) is 4.33. The van der Waals surface area contributed by atoms with Crippen LogP contribution in [0.5, 0.6) is 0 Å². The standard InChI is InChI=1S/C22H19N3O.ClH/c1-24(2)18-13-11-17(12-14-18)23-22-20(16-8-4-3-5-9-16)21(26)19-10-6-7-15-25(19)22;/h3-15H,1-2H3;1H. The fraction of sp³-hybridized carbons (Fsp3) is 0.0909. The lowest BCUT2D eigenvalue weighted by Gasteiger charge is -2.12. The van der Waals surface area contributed by atoms with Crippen molar-refractivity contribution in [1.29, 1.82) is 0 Å². The van der Waals surface area contributed by atoms with Gasteiger partial charge in [0.15, 0.2) is 5.69 Å². The minimum absolute atomic E-state index is 0. The Bertz CT molecular complexity index is 996. The molecule has 5 heteroatoms. The Morgan fingerprint density at radius 1 is 0.852 bits per heavy atom. The number of carbonyl (C=O) groups excluding carboxylic acids is 1. The van der Waals surface area contributed by atoms with Gasteiger partial charge < -0.3 is 17.3 Å². The van der Waals surface area contributed by atoms with Gasteiger partial charge in [0.05, 0.1) is 6.20 Å². The van der Waals surface area contributed by atoms with Crippen LogP contribution in [-0.2, 0) is 0 Å². The number of allylic oxidation sites excluding steroid dienone is 1. The van der Waals surface area contributed by atoms with Crippen molar-refractivity contribution < 1.29 is 21.8 Å². The molecule has 0 spiro atoms. The van der Waals surface area contributed by atoms with Crippen LogP contribution in [0.1, 0.15) is 16.1 Å². The second kappa shape index (κ2) is 7.64. The third-order valence-electron chi connectivity index (χ3n) is 4.51. The number of pyridine rings is 1. The monoisotopic (exact) mass is 377 g/mol. The lowest BCUT2D eigenvalue weighted by atomic mass is 10.0. The van der Waals surface area contributed by atoms with E-state index in [9.17, 15) is 4.79 Å². The summed E-state index contributed by atoms with van der Waals surface area (Å²) in [5.74, 6) is 0.818. The second-order valence-electron chi connectivity index (χ2n) is 6.44. The third-order valence-corrected chi connectivity index (χ3v) is 4.51. The average molecular weight is 378 g/mol. The number of halogens is 1. The van der Waals surface area contributed by atoms with E-state index in [0.29, 0.717) is 11.3 Å². The van der Waals surface area contributed by atoms with E-state index in [-0.39, 0.29) is 18.2 Å². The van der Waals surface area contributed by atoms with E-state index in [0.717, 1.165) is 22.8 Å². The second-order valence-corrected chi connectivity index (χ2v) is 6.44. The van der Waals surface area contributed by atoms with Gasteiger partial charge in [-0.15, -0.1) is 0 Å². The van der Waals surface area contributed by atoms with Gasteiger partial charge in [-0.1, -0.05) is 36.4 Å². The number of hydrogen-bond donors (Lipinski definition) is 1. The van der Waals surface area contributed by atoms with Gasteiger partial charge in [-0.25, -0.2) is 5.32 Å². The van der Waals surface area contributed by atoms with Gasteiger partial charge in [-0.05, 0) is 42.0 Å². The Balaban J connectivity index is 0.00000210.